The number of pyridine rings is 1. The molecular formula is C15H19N3O. The molecule has 3 N–H and O–H groups in total. The Labute approximate surface area is 112 Å². The van der Waals surface area contributed by atoms with Crippen LogP contribution in [0.2, 0.25) is 0 Å². The molecule has 0 radical (unpaired) electrons. The minimum absolute atomic E-state index is 0.00164. The molecule has 0 aliphatic heterocycles. The zero-order valence-corrected chi connectivity index (χ0v) is 11.5. The van der Waals surface area contributed by atoms with Gasteiger partial charge in [0.25, 0.3) is 5.56 Å². The molecule has 1 unspecified atom stereocenters. The summed E-state index contributed by atoms with van der Waals surface area (Å²) in [5.41, 5.74) is 8.68. The van der Waals surface area contributed by atoms with E-state index in [-0.39, 0.29) is 5.56 Å². The van der Waals surface area contributed by atoms with Crippen LogP contribution < -0.4 is 16.6 Å². The zero-order chi connectivity index (χ0) is 13.8. The fourth-order valence-electron chi connectivity index (χ4n) is 2.50. The van der Waals surface area contributed by atoms with Gasteiger partial charge in [0.1, 0.15) is 0 Å². The topological polar surface area (TPSA) is 60.0 Å². The maximum absolute atomic E-state index is 12.0. The number of hydrogen-bond donors (Lipinski definition) is 2. The quantitative estimate of drug-likeness (QED) is 0.812. The molecule has 0 saturated heterocycles. The van der Waals surface area contributed by atoms with Gasteiger partial charge < -0.3 is 15.6 Å². The lowest BCUT2D eigenvalue weighted by atomic mass is 10.1. The lowest BCUT2D eigenvalue weighted by molar-refractivity contribution is 0.631. The molecule has 0 spiro atoms. The molecule has 1 heterocycles. The third kappa shape index (κ3) is 1.97. The second kappa shape index (κ2) is 3.76. The number of anilines is 2. The molecule has 1 aliphatic carbocycles. The van der Waals surface area contributed by atoms with Crippen LogP contribution in [0.4, 0.5) is 11.4 Å². The summed E-state index contributed by atoms with van der Waals surface area (Å²) in [5.74, 6) is 0. The Morgan fingerprint density at radius 3 is 2.68 bits per heavy atom. The number of nitrogen functional groups attached to an aromatic ring is 1. The number of aromatic nitrogens is 1. The van der Waals surface area contributed by atoms with Crippen LogP contribution in [0.25, 0.3) is 10.9 Å². The van der Waals surface area contributed by atoms with E-state index in [1.807, 2.05) is 18.2 Å². The van der Waals surface area contributed by atoms with E-state index in [9.17, 15) is 4.79 Å². The zero-order valence-electron chi connectivity index (χ0n) is 11.5. The highest BCUT2D eigenvalue weighted by Gasteiger charge is 2.45. The van der Waals surface area contributed by atoms with Crippen LogP contribution in [0.5, 0.6) is 0 Å². The predicted molar refractivity (Wildman–Crippen MR) is 79.4 cm³/mol. The third-order valence-corrected chi connectivity index (χ3v) is 4.11. The standard InChI is InChI=1S/C15H19N3O/c1-15(2)8-13(15)17-11-7-14(19)18(3)12-5-4-9(16)6-10(11)12/h4-7,13,17H,8,16H2,1-3H3. The first-order chi connectivity index (χ1) is 8.88. The van der Waals surface area contributed by atoms with Gasteiger partial charge in [0.15, 0.2) is 0 Å². The summed E-state index contributed by atoms with van der Waals surface area (Å²) < 4.78 is 1.65. The number of rotatable bonds is 2. The van der Waals surface area contributed by atoms with E-state index in [2.05, 4.69) is 19.2 Å². The Hall–Kier alpha value is -1.97. The third-order valence-electron chi connectivity index (χ3n) is 4.11. The van der Waals surface area contributed by atoms with Crippen LogP contribution >= 0.6 is 0 Å². The van der Waals surface area contributed by atoms with E-state index < -0.39 is 0 Å². The fourth-order valence-corrected chi connectivity index (χ4v) is 2.50. The average molecular weight is 257 g/mol. The van der Waals surface area contributed by atoms with Crippen molar-refractivity contribution >= 4 is 22.3 Å². The number of nitrogens with one attached hydrogen (secondary N) is 1. The summed E-state index contributed by atoms with van der Waals surface area (Å²) in [6.45, 7) is 4.45. The Morgan fingerprint density at radius 2 is 2.05 bits per heavy atom. The predicted octanol–water partition coefficient (Wildman–Crippen LogP) is 2.33. The van der Waals surface area contributed by atoms with E-state index in [0.29, 0.717) is 17.1 Å². The minimum atomic E-state index is -0.00164. The van der Waals surface area contributed by atoms with Crippen LogP contribution in [0, 0.1) is 5.41 Å². The van der Waals surface area contributed by atoms with Crippen molar-refractivity contribution in [3.63, 3.8) is 0 Å². The van der Waals surface area contributed by atoms with Crippen molar-refractivity contribution < 1.29 is 0 Å². The molecule has 2 aromatic rings. The largest absolute Gasteiger partial charge is 0.399 e. The molecule has 3 rings (SSSR count). The Morgan fingerprint density at radius 1 is 1.37 bits per heavy atom. The molecule has 1 saturated carbocycles. The summed E-state index contributed by atoms with van der Waals surface area (Å²) in [5, 5.41) is 4.48. The highest BCUT2D eigenvalue weighted by atomic mass is 16.1. The first-order valence-corrected chi connectivity index (χ1v) is 6.54. The molecule has 4 heteroatoms. The second-order valence-corrected chi connectivity index (χ2v) is 6.12. The Bertz CT molecular complexity index is 715. The normalized spacial score (nSPS) is 20.5. The van der Waals surface area contributed by atoms with Crippen molar-refractivity contribution in [2.24, 2.45) is 12.5 Å². The first kappa shape index (κ1) is 12.1. The van der Waals surface area contributed by atoms with Crippen LogP contribution in [-0.4, -0.2) is 10.6 Å². The number of nitrogens with two attached hydrogens (primary N) is 1. The molecule has 100 valence electrons. The number of hydrogen-bond acceptors (Lipinski definition) is 3. The maximum atomic E-state index is 12.0. The molecule has 0 amide bonds. The van der Waals surface area contributed by atoms with Crippen LogP contribution in [0.3, 0.4) is 0 Å². The van der Waals surface area contributed by atoms with E-state index in [4.69, 9.17) is 5.73 Å². The van der Waals surface area contributed by atoms with Crippen molar-refractivity contribution in [3.8, 4) is 0 Å². The van der Waals surface area contributed by atoms with Gasteiger partial charge in [0, 0.05) is 35.9 Å². The summed E-state index contributed by atoms with van der Waals surface area (Å²) in [6.07, 6.45) is 1.13. The molecular weight excluding hydrogens is 238 g/mol. The van der Waals surface area contributed by atoms with E-state index >= 15 is 0 Å². The SMILES string of the molecule is Cn1c(=O)cc(NC2CC2(C)C)c2cc(N)ccc21. The molecule has 1 fully saturated rings. The summed E-state index contributed by atoms with van der Waals surface area (Å²) in [6, 6.07) is 7.74. The first-order valence-electron chi connectivity index (χ1n) is 6.54. The van der Waals surface area contributed by atoms with Crippen LogP contribution in [-0.2, 0) is 7.05 Å². The number of aryl methyl sites for hydroxylation is 1. The minimum Gasteiger partial charge on any atom is -0.399 e. The van der Waals surface area contributed by atoms with Gasteiger partial charge in [0.2, 0.25) is 0 Å². The van der Waals surface area contributed by atoms with Crippen LogP contribution in [0.1, 0.15) is 20.3 Å². The van der Waals surface area contributed by atoms with Gasteiger partial charge >= 0.3 is 0 Å². The molecule has 4 nitrogen and oxygen atoms in total. The molecule has 1 atom stereocenters. The number of benzene rings is 1. The highest BCUT2D eigenvalue weighted by molar-refractivity contribution is 5.93. The van der Waals surface area contributed by atoms with Gasteiger partial charge in [-0.25, -0.2) is 0 Å². The van der Waals surface area contributed by atoms with Gasteiger partial charge in [-0.1, -0.05) is 13.8 Å². The molecule has 19 heavy (non-hydrogen) atoms. The molecule has 1 aromatic heterocycles. The van der Waals surface area contributed by atoms with Gasteiger partial charge in [-0.3, -0.25) is 4.79 Å². The smallest absolute Gasteiger partial charge is 0.252 e. The molecule has 0 bridgehead atoms. The maximum Gasteiger partial charge on any atom is 0.252 e. The van der Waals surface area contributed by atoms with Gasteiger partial charge in [-0.2, -0.15) is 0 Å². The Kier molecular flexibility index (Phi) is 2.39. The average Bonchev–Trinajstić information content (AvgIpc) is 2.93. The number of nitrogens with zero attached hydrogens (tertiary/aromatic N) is 1. The van der Waals surface area contributed by atoms with Crippen molar-refractivity contribution in [2.75, 3.05) is 11.1 Å². The van der Waals surface area contributed by atoms with Crippen molar-refractivity contribution in [1.29, 1.82) is 0 Å². The van der Waals surface area contributed by atoms with E-state index in [0.717, 1.165) is 23.0 Å². The summed E-state index contributed by atoms with van der Waals surface area (Å²) in [7, 11) is 1.78. The van der Waals surface area contributed by atoms with Gasteiger partial charge in [-0.15, -0.1) is 0 Å². The lowest BCUT2D eigenvalue weighted by Gasteiger charge is -2.13. The Balaban J connectivity index is 2.15. The lowest BCUT2D eigenvalue weighted by Crippen LogP contribution is -2.19. The van der Waals surface area contributed by atoms with Crippen LogP contribution in [0.15, 0.2) is 29.1 Å². The monoisotopic (exact) mass is 257 g/mol. The molecule has 1 aromatic carbocycles. The van der Waals surface area contributed by atoms with Gasteiger partial charge in [-0.05, 0) is 30.0 Å². The second-order valence-electron chi connectivity index (χ2n) is 6.12. The van der Waals surface area contributed by atoms with Crippen molar-refractivity contribution in [2.45, 2.75) is 26.3 Å². The summed E-state index contributed by atoms with van der Waals surface area (Å²) in [4.78, 5) is 12.0. The van der Waals surface area contributed by atoms with E-state index in [1.165, 1.54) is 0 Å². The van der Waals surface area contributed by atoms with Crippen molar-refractivity contribution in [1.82, 2.24) is 4.57 Å². The summed E-state index contributed by atoms with van der Waals surface area (Å²) >= 11 is 0. The van der Waals surface area contributed by atoms with Gasteiger partial charge in [0.05, 0.1) is 5.52 Å². The highest BCUT2D eigenvalue weighted by Crippen LogP contribution is 2.47. The van der Waals surface area contributed by atoms with E-state index in [1.54, 1.807) is 17.7 Å². The fraction of sp³-hybridized carbons (Fsp3) is 0.400. The molecule has 1 aliphatic rings. The van der Waals surface area contributed by atoms with Crippen molar-refractivity contribution in [3.05, 3.63) is 34.6 Å². The number of fused-ring (bicyclic) bond motifs is 1.